The third kappa shape index (κ3) is 11.1. The van der Waals surface area contributed by atoms with Crippen LogP contribution in [-0.2, 0) is 25.6 Å². The van der Waals surface area contributed by atoms with Crippen LogP contribution < -0.4 is 27.0 Å². The molecule has 0 aliphatic carbocycles. The van der Waals surface area contributed by atoms with Crippen LogP contribution in [0.2, 0.25) is 5.02 Å². The molecule has 0 saturated heterocycles. The molecule has 332 valence electrons. The van der Waals surface area contributed by atoms with E-state index in [2.05, 4.69) is 31.2 Å². The van der Waals surface area contributed by atoms with Gasteiger partial charge in [-0.05, 0) is 117 Å². The molecule has 0 saturated carbocycles. The molecule has 17 heteroatoms. The van der Waals surface area contributed by atoms with Crippen molar-refractivity contribution >= 4 is 46.9 Å². The summed E-state index contributed by atoms with van der Waals surface area (Å²) in [5.74, 6) is -4.68. The zero-order valence-corrected chi connectivity index (χ0v) is 36.1. The second-order valence-corrected chi connectivity index (χ2v) is 16.0. The number of likely N-dealkylation sites (N-methyl/N-ethyl adjacent to an activating group) is 1. The Balaban J connectivity index is 1.31. The maximum atomic E-state index is 14.6. The highest BCUT2D eigenvalue weighted by Crippen LogP contribution is 2.39. The number of hydrogen-bond donors (Lipinski definition) is 7. The number of nitrogens with one attached hydrogen (secondary N) is 4. The van der Waals surface area contributed by atoms with Gasteiger partial charge in [-0.1, -0.05) is 48.0 Å². The number of aromatic hydroxyl groups is 2. The largest absolute Gasteiger partial charge is 0.507 e. The summed E-state index contributed by atoms with van der Waals surface area (Å²) in [6, 6.07) is 18.0. The van der Waals surface area contributed by atoms with Crippen molar-refractivity contribution in [2.75, 3.05) is 13.6 Å². The van der Waals surface area contributed by atoms with Gasteiger partial charge in [0.2, 0.25) is 29.4 Å². The van der Waals surface area contributed by atoms with Gasteiger partial charge in [-0.15, -0.1) is 0 Å². The number of nitrogens with zero attached hydrogens (tertiary/aromatic N) is 3. The molecule has 5 amide bonds. The first-order chi connectivity index (χ1) is 30.6. The van der Waals surface area contributed by atoms with Crippen LogP contribution in [0, 0.1) is 0 Å². The zero-order valence-electron chi connectivity index (χ0n) is 35.4. The summed E-state index contributed by atoms with van der Waals surface area (Å²) in [6.07, 6.45) is 3.84. The van der Waals surface area contributed by atoms with Crippen molar-refractivity contribution in [1.29, 1.82) is 0 Å². The topological polar surface area (TPSA) is 246 Å². The first-order valence-corrected chi connectivity index (χ1v) is 21.0. The van der Waals surface area contributed by atoms with Crippen molar-refractivity contribution in [2.45, 2.75) is 69.7 Å². The number of rotatable bonds is 13. The molecule has 1 aromatic heterocycles. The van der Waals surface area contributed by atoms with Crippen LogP contribution >= 0.6 is 11.6 Å². The van der Waals surface area contributed by atoms with Gasteiger partial charge in [0.1, 0.15) is 35.7 Å². The third-order valence-corrected chi connectivity index (χ3v) is 11.2. The Hall–Kier alpha value is -7.17. The Labute approximate surface area is 374 Å². The van der Waals surface area contributed by atoms with Gasteiger partial charge in [0, 0.05) is 47.6 Å². The van der Waals surface area contributed by atoms with E-state index in [1.54, 1.807) is 36.4 Å². The lowest BCUT2D eigenvalue weighted by Gasteiger charge is -2.32. The first-order valence-electron chi connectivity index (χ1n) is 20.7. The van der Waals surface area contributed by atoms with Gasteiger partial charge in [0.05, 0.1) is 6.04 Å². The number of Topliss-reactive ketones (excluding diaryl/α,β-unsaturated/α-hetero) is 1. The van der Waals surface area contributed by atoms with E-state index in [4.69, 9.17) is 17.3 Å². The number of ketones is 1. The van der Waals surface area contributed by atoms with Crippen molar-refractivity contribution in [2.24, 2.45) is 5.73 Å². The molecule has 16 nitrogen and oxygen atoms in total. The van der Waals surface area contributed by atoms with Gasteiger partial charge < -0.3 is 42.1 Å². The monoisotopic (exact) mass is 888 g/mol. The number of halogens is 1. The minimum Gasteiger partial charge on any atom is -0.507 e. The molecule has 2 unspecified atom stereocenters. The lowest BCUT2D eigenvalue weighted by molar-refractivity contribution is -0.141. The minimum absolute atomic E-state index is 0.0996. The smallest absolute Gasteiger partial charge is 0.251 e. The molecule has 4 bridgehead atoms. The highest BCUT2D eigenvalue weighted by molar-refractivity contribution is 6.30. The van der Waals surface area contributed by atoms with Crippen LogP contribution in [0.5, 0.6) is 11.5 Å². The molecule has 0 radical (unpaired) electrons. The van der Waals surface area contributed by atoms with Gasteiger partial charge in [-0.2, -0.15) is 0 Å². The summed E-state index contributed by atoms with van der Waals surface area (Å²) in [7, 11) is 1.39. The average Bonchev–Trinajstić information content (AvgIpc) is 3.29. The number of hydrogen-bond acceptors (Lipinski definition) is 11. The fourth-order valence-electron chi connectivity index (χ4n) is 7.34. The molecule has 8 N–H and O–H groups in total. The lowest BCUT2D eigenvalue weighted by Crippen LogP contribution is -2.57. The van der Waals surface area contributed by atoms with Crippen LogP contribution in [0.15, 0.2) is 103 Å². The van der Waals surface area contributed by atoms with Crippen LogP contribution in [0.3, 0.4) is 0 Å². The second-order valence-electron chi connectivity index (χ2n) is 15.5. The third-order valence-electron chi connectivity index (χ3n) is 10.9. The quantitative estimate of drug-likeness (QED) is 0.0651. The molecule has 0 fully saturated rings. The first kappa shape index (κ1) is 46.3. The van der Waals surface area contributed by atoms with Crippen LogP contribution in [0.25, 0.3) is 22.3 Å². The molecule has 64 heavy (non-hydrogen) atoms. The summed E-state index contributed by atoms with van der Waals surface area (Å²) in [5, 5.41) is 33.6. The summed E-state index contributed by atoms with van der Waals surface area (Å²) in [5.41, 5.74) is 8.70. The van der Waals surface area contributed by atoms with E-state index in [0.29, 0.717) is 30.0 Å². The SMILES string of the molecule is CC(NC(=O)[C@@H]1Cc2ccc(O)c(c2)-c2cc(ccc2O)C(N(C)C(=O)[C@H](CCCCN)NC(=O)c2ccc(-c3ccc(Cl)cc3)cc2)C(=O)N[C@@H](C)C(=O)N1)C(=O)c1ncccn1. The average molecular weight is 889 g/mol. The number of phenols is 2. The van der Waals surface area contributed by atoms with Crippen molar-refractivity contribution in [3.05, 3.63) is 131 Å². The molecule has 1 aliphatic rings. The summed E-state index contributed by atoms with van der Waals surface area (Å²) < 4.78 is 0. The highest BCUT2D eigenvalue weighted by Gasteiger charge is 2.36. The number of benzene rings is 4. The summed E-state index contributed by atoms with van der Waals surface area (Å²) in [6.45, 7) is 3.20. The normalized spacial score (nSPS) is 17.1. The van der Waals surface area contributed by atoms with E-state index in [9.17, 15) is 39.0 Å². The number of nitrogens with two attached hydrogens (primary N) is 1. The van der Waals surface area contributed by atoms with E-state index in [1.807, 2.05) is 12.1 Å². The molecule has 5 aromatic rings. The number of carbonyl (C=O) groups is 6. The number of aromatic nitrogens is 2. The van der Waals surface area contributed by atoms with E-state index < -0.39 is 65.5 Å². The van der Waals surface area contributed by atoms with Gasteiger partial charge in [0.25, 0.3) is 5.91 Å². The molecule has 2 heterocycles. The van der Waals surface area contributed by atoms with Crippen LogP contribution in [0.4, 0.5) is 0 Å². The molecule has 6 rings (SSSR count). The van der Waals surface area contributed by atoms with E-state index in [0.717, 1.165) is 16.0 Å². The van der Waals surface area contributed by atoms with E-state index >= 15 is 0 Å². The van der Waals surface area contributed by atoms with Crippen molar-refractivity contribution in [3.63, 3.8) is 0 Å². The predicted octanol–water partition coefficient (Wildman–Crippen LogP) is 4.24. The number of fused-ring (bicyclic) bond motifs is 5. The van der Waals surface area contributed by atoms with Gasteiger partial charge >= 0.3 is 0 Å². The predicted molar refractivity (Wildman–Crippen MR) is 239 cm³/mol. The van der Waals surface area contributed by atoms with E-state index in [1.165, 1.54) is 75.8 Å². The van der Waals surface area contributed by atoms with E-state index in [-0.39, 0.29) is 52.4 Å². The van der Waals surface area contributed by atoms with Crippen molar-refractivity contribution in [1.82, 2.24) is 36.1 Å². The summed E-state index contributed by atoms with van der Waals surface area (Å²) >= 11 is 6.05. The Kier molecular flexibility index (Phi) is 15.1. The maximum absolute atomic E-state index is 14.6. The van der Waals surface area contributed by atoms with Crippen molar-refractivity contribution in [3.8, 4) is 33.8 Å². The molecule has 1 aliphatic heterocycles. The Morgan fingerprint density at radius 2 is 1.47 bits per heavy atom. The number of amides is 5. The highest BCUT2D eigenvalue weighted by atomic mass is 35.5. The van der Waals surface area contributed by atoms with Gasteiger partial charge in [0.15, 0.2) is 5.82 Å². The Morgan fingerprint density at radius 1 is 0.844 bits per heavy atom. The van der Waals surface area contributed by atoms with Gasteiger partial charge in [-0.25, -0.2) is 9.97 Å². The molecule has 4 aromatic carbocycles. The molecular formula is C47H49ClN8O8. The maximum Gasteiger partial charge on any atom is 0.251 e. The molecule has 0 spiro atoms. The number of phenolic OH excluding ortho intramolecular Hbond substituents is 2. The fourth-order valence-corrected chi connectivity index (χ4v) is 7.46. The standard InChI is InChI=1S/C47H49ClN8O8/c1-26(41(59)42-50-21-6-22-51-42)52-45(62)37-24-28-8-18-38(57)34(23-28)35-25-32(15-19-39(35)58)40(46(63)53-27(2)43(60)55-37)56(3)47(64)36(7-4-5-20-49)54-44(61)31-11-9-29(10-12-31)30-13-16-33(48)17-14-30/h6,8-19,21-23,25-27,36-37,40,57-58H,4-5,7,20,24,49H2,1-3H3,(H,52,62)(H,53,63)(H,54,61)(H,55,60)/t26?,27-,36-,37-,40?/m0/s1. The lowest BCUT2D eigenvalue weighted by atomic mass is 9.93. The number of carbonyl (C=O) groups excluding carboxylic acids is 6. The van der Waals surface area contributed by atoms with Crippen molar-refractivity contribution < 1.29 is 39.0 Å². The zero-order chi connectivity index (χ0) is 46.1. The number of unbranched alkanes of at least 4 members (excludes halogenated alkanes) is 1. The summed E-state index contributed by atoms with van der Waals surface area (Å²) in [4.78, 5) is 92.5. The second kappa shape index (κ2) is 20.8. The molecular weight excluding hydrogens is 840 g/mol. The Bertz CT molecular complexity index is 2520. The minimum atomic E-state index is -1.45. The fraction of sp³-hybridized carbons (Fsp3) is 0.277. The van der Waals surface area contributed by atoms with Crippen LogP contribution in [-0.4, -0.2) is 98.2 Å². The van der Waals surface area contributed by atoms with Gasteiger partial charge in [-0.3, -0.25) is 28.8 Å². The van der Waals surface area contributed by atoms with Crippen LogP contribution in [0.1, 0.15) is 71.3 Å². The Morgan fingerprint density at radius 3 is 2.12 bits per heavy atom. The molecule has 5 atom stereocenters.